The van der Waals surface area contributed by atoms with E-state index in [2.05, 4.69) is 32.6 Å². The van der Waals surface area contributed by atoms with E-state index in [1.165, 1.54) is 0 Å². The average molecular weight is 243 g/mol. The Balaban J connectivity index is 2.57. The van der Waals surface area contributed by atoms with Gasteiger partial charge in [-0.3, -0.25) is 4.90 Å². The molecule has 0 saturated heterocycles. The fourth-order valence-electron chi connectivity index (χ4n) is 2.90. The van der Waals surface area contributed by atoms with Crippen LogP contribution in [0, 0.1) is 11.3 Å². The molecule has 0 amide bonds. The van der Waals surface area contributed by atoms with Gasteiger partial charge in [0.15, 0.2) is 0 Å². The van der Waals surface area contributed by atoms with Gasteiger partial charge in [-0.2, -0.15) is 0 Å². The van der Waals surface area contributed by atoms with Crippen molar-refractivity contribution in [2.75, 3.05) is 19.7 Å². The second-order valence-electron chi connectivity index (χ2n) is 6.55. The normalized spacial score (nSPS) is 28.9. The number of nitrogens with zero attached hydrogens (tertiary/aromatic N) is 1. The summed E-state index contributed by atoms with van der Waals surface area (Å²) in [6.07, 6.45) is 2.96. The number of rotatable bonds is 5. The van der Waals surface area contributed by atoms with E-state index in [-0.39, 0.29) is 12.7 Å². The molecule has 1 aliphatic rings. The predicted octanol–water partition coefficient (Wildman–Crippen LogP) is 1.88. The molecule has 2 N–H and O–H groups in total. The summed E-state index contributed by atoms with van der Waals surface area (Å²) < 4.78 is 0. The third kappa shape index (κ3) is 4.57. The van der Waals surface area contributed by atoms with Crippen molar-refractivity contribution in [1.82, 2.24) is 4.90 Å². The Morgan fingerprint density at radius 2 is 2.00 bits per heavy atom. The smallest absolute Gasteiger partial charge is 0.0581 e. The van der Waals surface area contributed by atoms with Crippen LogP contribution in [-0.2, 0) is 0 Å². The highest BCUT2D eigenvalue weighted by Gasteiger charge is 2.34. The summed E-state index contributed by atoms with van der Waals surface area (Å²) in [6.45, 7) is 10.7. The predicted molar refractivity (Wildman–Crippen MR) is 70.9 cm³/mol. The molecule has 0 aromatic rings. The number of hydrogen-bond donors (Lipinski definition) is 2. The molecule has 0 spiro atoms. The average Bonchev–Trinajstić information content (AvgIpc) is 2.22. The molecular formula is C14H29NO2. The maximum absolute atomic E-state index is 10.1. The Hall–Kier alpha value is -0.120. The van der Waals surface area contributed by atoms with Crippen molar-refractivity contribution in [3.05, 3.63) is 0 Å². The Morgan fingerprint density at radius 3 is 2.53 bits per heavy atom. The van der Waals surface area contributed by atoms with Gasteiger partial charge in [0.2, 0.25) is 0 Å². The lowest BCUT2D eigenvalue weighted by molar-refractivity contribution is -0.00292. The maximum atomic E-state index is 10.1. The van der Waals surface area contributed by atoms with Gasteiger partial charge in [-0.15, -0.1) is 0 Å². The summed E-state index contributed by atoms with van der Waals surface area (Å²) in [7, 11) is 0. The summed E-state index contributed by atoms with van der Waals surface area (Å²) in [5, 5.41) is 19.2. The second kappa shape index (κ2) is 6.17. The molecule has 3 heteroatoms. The fourth-order valence-corrected chi connectivity index (χ4v) is 2.90. The Labute approximate surface area is 106 Å². The first-order chi connectivity index (χ1) is 7.85. The molecule has 17 heavy (non-hydrogen) atoms. The van der Waals surface area contributed by atoms with Crippen molar-refractivity contribution in [2.45, 2.75) is 59.1 Å². The lowest BCUT2D eigenvalue weighted by Crippen LogP contribution is -2.44. The number of hydrogen-bond acceptors (Lipinski definition) is 3. The molecule has 2 unspecified atom stereocenters. The SMILES string of the molecule is CC(C)N(CCO)CC1CC(C)(C)CCC1O. The summed E-state index contributed by atoms with van der Waals surface area (Å²) in [5.74, 6) is 0.354. The molecule has 0 heterocycles. The van der Waals surface area contributed by atoms with E-state index in [1.54, 1.807) is 0 Å². The van der Waals surface area contributed by atoms with Crippen LogP contribution in [0.15, 0.2) is 0 Å². The van der Waals surface area contributed by atoms with Gasteiger partial charge in [-0.25, -0.2) is 0 Å². The van der Waals surface area contributed by atoms with Crippen LogP contribution in [0.5, 0.6) is 0 Å². The van der Waals surface area contributed by atoms with E-state index in [4.69, 9.17) is 5.11 Å². The third-order valence-corrected chi connectivity index (χ3v) is 4.06. The highest BCUT2D eigenvalue weighted by molar-refractivity contribution is 4.86. The van der Waals surface area contributed by atoms with Crippen LogP contribution in [0.3, 0.4) is 0 Å². The van der Waals surface area contributed by atoms with E-state index in [0.29, 0.717) is 23.9 Å². The van der Waals surface area contributed by atoms with Crippen LogP contribution in [0.2, 0.25) is 0 Å². The minimum Gasteiger partial charge on any atom is -0.395 e. The molecule has 102 valence electrons. The van der Waals surface area contributed by atoms with Gasteiger partial charge in [0.05, 0.1) is 12.7 Å². The summed E-state index contributed by atoms with van der Waals surface area (Å²) in [4.78, 5) is 2.27. The molecule has 0 aromatic carbocycles. The van der Waals surface area contributed by atoms with E-state index < -0.39 is 0 Å². The molecule has 2 atom stereocenters. The topological polar surface area (TPSA) is 43.7 Å². The minimum atomic E-state index is -0.164. The zero-order valence-electron chi connectivity index (χ0n) is 11.8. The zero-order valence-corrected chi connectivity index (χ0v) is 11.8. The molecule has 0 aliphatic heterocycles. The molecule has 1 aliphatic carbocycles. The molecule has 0 radical (unpaired) electrons. The molecule has 3 nitrogen and oxygen atoms in total. The molecule has 0 aromatic heterocycles. The van der Waals surface area contributed by atoms with Crippen molar-refractivity contribution in [1.29, 1.82) is 0 Å². The highest BCUT2D eigenvalue weighted by atomic mass is 16.3. The molecule has 0 bridgehead atoms. The van der Waals surface area contributed by atoms with Crippen LogP contribution >= 0.6 is 0 Å². The fraction of sp³-hybridized carbons (Fsp3) is 1.00. The van der Waals surface area contributed by atoms with E-state index in [9.17, 15) is 5.11 Å². The molecular weight excluding hydrogens is 214 g/mol. The maximum Gasteiger partial charge on any atom is 0.0581 e. The third-order valence-electron chi connectivity index (χ3n) is 4.06. The number of aliphatic hydroxyl groups is 2. The van der Waals surface area contributed by atoms with Gasteiger partial charge < -0.3 is 10.2 Å². The van der Waals surface area contributed by atoms with Crippen molar-refractivity contribution < 1.29 is 10.2 Å². The molecule has 1 rings (SSSR count). The largest absolute Gasteiger partial charge is 0.395 e. The van der Waals surface area contributed by atoms with Crippen molar-refractivity contribution >= 4 is 0 Å². The van der Waals surface area contributed by atoms with E-state index >= 15 is 0 Å². The number of aliphatic hydroxyl groups excluding tert-OH is 2. The summed E-state index contributed by atoms with van der Waals surface area (Å²) >= 11 is 0. The first-order valence-electron chi connectivity index (χ1n) is 6.88. The van der Waals surface area contributed by atoms with Gasteiger partial charge in [0, 0.05) is 19.1 Å². The minimum absolute atomic E-state index is 0.164. The first kappa shape index (κ1) is 14.9. The quantitative estimate of drug-likeness (QED) is 0.775. The lowest BCUT2D eigenvalue weighted by atomic mass is 9.70. The second-order valence-corrected chi connectivity index (χ2v) is 6.55. The Bertz CT molecular complexity index is 228. The first-order valence-corrected chi connectivity index (χ1v) is 6.88. The van der Waals surface area contributed by atoms with Crippen LogP contribution < -0.4 is 0 Å². The highest BCUT2D eigenvalue weighted by Crippen LogP contribution is 2.39. The standard InChI is InChI=1S/C14H29NO2/c1-11(2)15(7-8-16)10-12-9-14(3,4)6-5-13(12)17/h11-13,16-17H,5-10H2,1-4H3. The van der Waals surface area contributed by atoms with Gasteiger partial charge in [0.1, 0.15) is 0 Å². The van der Waals surface area contributed by atoms with Crippen molar-refractivity contribution in [2.24, 2.45) is 11.3 Å². The van der Waals surface area contributed by atoms with Crippen molar-refractivity contribution in [3.63, 3.8) is 0 Å². The Kier molecular flexibility index (Phi) is 5.42. The monoisotopic (exact) mass is 243 g/mol. The Morgan fingerprint density at radius 1 is 1.35 bits per heavy atom. The summed E-state index contributed by atoms with van der Waals surface area (Å²) in [5.41, 5.74) is 0.353. The molecule has 1 fully saturated rings. The van der Waals surface area contributed by atoms with Gasteiger partial charge in [-0.1, -0.05) is 13.8 Å². The lowest BCUT2D eigenvalue weighted by Gasteiger charge is -2.41. The van der Waals surface area contributed by atoms with Gasteiger partial charge >= 0.3 is 0 Å². The van der Waals surface area contributed by atoms with Crippen LogP contribution in [0.4, 0.5) is 0 Å². The van der Waals surface area contributed by atoms with Crippen molar-refractivity contribution in [3.8, 4) is 0 Å². The molecule has 1 saturated carbocycles. The van der Waals surface area contributed by atoms with E-state index in [1.807, 2.05) is 0 Å². The van der Waals surface area contributed by atoms with Gasteiger partial charge in [0.25, 0.3) is 0 Å². The van der Waals surface area contributed by atoms with Gasteiger partial charge in [-0.05, 0) is 44.4 Å². The zero-order chi connectivity index (χ0) is 13.1. The van der Waals surface area contributed by atoms with Crippen LogP contribution in [0.25, 0.3) is 0 Å². The van der Waals surface area contributed by atoms with E-state index in [0.717, 1.165) is 25.8 Å². The summed E-state index contributed by atoms with van der Waals surface area (Å²) in [6, 6.07) is 0.430. The van der Waals surface area contributed by atoms with Crippen LogP contribution in [-0.4, -0.2) is 47.0 Å². The van der Waals surface area contributed by atoms with Crippen LogP contribution in [0.1, 0.15) is 47.0 Å².